The summed E-state index contributed by atoms with van der Waals surface area (Å²) in [6.45, 7) is -0.413. The quantitative estimate of drug-likeness (QED) is 0.556. The van der Waals surface area contributed by atoms with Crippen molar-refractivity contribution in [2.24, 2.45) is 5.16 Å². The molecular weight excluding hydrogens is 170 g/mol. The van der Waals surface area contributed by atoms with Crippen LogP contribution in [0.2, 0.25) is 0 Å². The molecule has 0 unspecified atom stereocenters. The molecule has 0 aliphatic heterocycles. The summed E-state index contributed by atoms with van der Waals surface area (Å²) in [5.41, 5.74) is 0.868. The maximum absolute atomic E-state index is 10.0. The summed E-state index contributed by atoms with van der Waals surface area (Å²) in [7, 11) is 0. The van der Waals surface area contributed by atoms with E-state index in [9.17, 15) is 4.79 Å². The third-order valence-electron chi connectivity index (χ3n) is 1.26. The summed E-state index contributed by atoms with van der Waals surface area (Å²) in [5.74, 6) is -1.04. The molecule has 0 saturated carbocycles. The molecule has 4 heteroatoms. The van der Waals surface area contributed by atoms with E-state index in [0.29, 0.717) is 0 Å². The molecule has 0 atom stereocenters. The van der Waals surface area contributed by atoms with E-state index in [2.05, 4.69) is 9.99 Å². The van der Waals surface area contributed by atoms with Crippen molar-refractivity contribution in [3.63, 3.8) is 0 Å². The van der Waals surface area contributed by atoms with Crippen LogP contribution < -0.4 is 0 Å². The van der Waals surface area contributed by atoms with E-state index in [4.69, 9.17) is 5.11 Å². The van der Waals surface area contributed by atoms with Gasteiger partial charge >= 0.3 is 5.97 Å². The van der Waals surface area contributed by atoms with E-state index >= 15 is 0 Å². The number of nitrogens with zero attached hydrogens (tertiary/aromatic N) is 1. The Bertz CT molecular complexity index is 295. The monoisotopic (exact) mass is 179 g/mol. The molecule has 0 heterocycles. The van der Waals surface area contributed by atoms with Crippen LogP contribution >= 0.6 is 0 Å². The fourth-order valence-electron chi connectivity index (χ4n) is 0.730. The zero-order valence-corrected chi connectivity index (χ0v) is 6.88. The minimum atomic E-state index is -1.04. The smallest absolute Gasteiger partial charge is 0.344 e. The van der Waals surface area contributed by atoms with Crippen molar-refractivity contribution < 1.29 is 14.7 Å². The van der Waals surface area contributed by atoms with Crippen LogP contribution in [-0.2, 0) is 9.63 Å². The first kappa shape index (κ1) is 9.25. The molecule has 68 valence electrons. The molecule has 0 aromatic heterocycles. The van der Waals surface area contributed by atoms with Crippen molar-refractivity contribution in [3.05, 3.63) is 35.9 Å². The highest BCUT2D eigenvalue weighted by atomic mass is 16.6. The third kappa shape index (κ3) is 3.91. The lowest BCUT2D eigenvalue weighted by Gasteiger charge is -1.92. The van der Waals surface area contributed by atoms with Gasteiger partial charge in [0.15, 0.2) is 0 Å². The predicted molar refractivity (Wildman–Crippen MR) is 47.6 cm³/mol. The van der Waals surface area contributed by atoms with Gasteiger partial charge in [-0.3, -0.25) is 0 Å². The van der Waals surface area contributed by atoms with Gasteiger partial charge in [0.05, 0.1) is 6.21 Å². The second-order valence-corrected chi connectivity index (χ2v) is 2.31. The van der Waals surface area contributed by atoms with E-state index in [1.165, 1.54) is 6.21 Å². The highest BCUT2D eigenvalue weighted by Crippen LogP contribution is 1.93. The standard InChI is InChI=1S/C9H9NO3/c11-9(12)7-13-10-6-8-4-2-1-3-5-8/h1-6H,7H2,(H,11,12)/b10-6+. The summed E-state index contributed by atoms with van der Waals surface area (Å²) in [6.07, 6.45) is 1.46. The first-order chi connectivity index (χ1) is 6.29. The van der Waals surface area contributed by atoms with Crippen LogP contribution in [0.1, 0.15) is 5.56 Å². The SMILES string of the molecule is O=C(O)CO/N=C/c1ccccc1. The van der Waals surface area contributed by atoms with Gasteiger partial charge in [-0.25, -0.2) is 4.79 Å². The number of carbonyl (C=O) groups is 1. The molecule has 1 aromatic rings. The molecule has 1 aromatic carbocycles. The normalized spacial score (nSPS) is 10.2. The summed E-state index contributed by atoms with van der Waals surface area (Å²) in [5, 5.41) is 11.7. The van der Waals surface area contributed by atoms with Crippen molar-refractivity contribution >= 4 is 12.2 Å². The van der Waals surface area contributed by atoms with E-state index in [1.54, 1.807) is 0 Å². The lowest BCUT2D eigenvalue weighted by Crippen LogP contribution is -2.03. The summed E-state index contributed by atoms with van der Waals surface area (Å²) in [4.78, 5) is 14.5. The highest BCUT2D eigenvalue weighted by molar-refractivity contribution is 5.78. The number of aliphatic carboxylic acids is 1. The first-order valence-electron chi connectivity index (χ1n) is 3.71. The molecule has 0 aliphatic carbocycles. The maximum atomic E-state index is 10.0. The fraction of sp³-hybridized carbons (Fsp3) is 0.111. The van der Waals surface area contributed by atoms with Gasteiger partial charge in [-0.15, -0.1) is 0 Å². The first-order valence-corrected chi connectivity index (χ1v) is 3.71. The van der Waals surface area contributed by atoms with Crippen molar-refractivity contribution in [3.8, 4) is 0 Å². The second kappa shape index (κ2) is 4.92. The van der Waals surface area contributed by atoms with Crippen LogP contribution in [0.4, 0.5) is 0 Å². The van der Waals surface area contributed by atoms with Gasteiger partial charge in [0.1, 0.15) is 0 Å². The Hall–Kier alpha value is -1.84. The third-order valence-corrected chi connectivity index (χ3v) is 1.26. The number of carboxylic acids is 1. The zero-order chi connectivity index (χ0) is 9.52. The van der Waals surface area contributed by atoms with Crippen LogP contribution in [-0.4, -0.2) is 23.9 Å². The molecule has 0 aliphatic rings. The van der Waals surface area contributed by atoms with Gasteiger partial charge in [-0.2, -0.15) is 0 Å². The number of hydrogen-bond donors (Lipinski definition) is 1. The van der Waals surface area contributed by atoms with Crippen molar-refractivity contribution in [2.75, 3.05) is 6.61 Å². The number of carboxylic acid groups (broad SMARTS) is 1. The number of oxime groups is 1. The van der Waals surface area contributed by atoms with E-state index < -0.39 is 12.6 Å². The predicted octanol–water partition coefficient (Wildman–Crippen LogP) is 1.12. The van der Waals surface area contributed by atoms with Gasteiger partial charge in [-0.1, -0.05) is 35.5 Å². The van der Waals surface area contributed by atoms with Gasteiger partial charge < -0.3 is 9.94 Å². The van der Waals surface area contributed by atoms with Crippen LogP contribution in [0.25, 0.3) is 0 Å². The van der Waals surface area contributed by atoms with E-state index in [1.807, 2.05) is 30.3 Å². The maximum Gasteiger partial charge on any atom is 0.344 e. The average Bonchev–Trinajstić information content (AvgIpc) is 2.14. The van der Waals surface area contributed by atoms with Gasteiger partial charge in [0.2, 0.25) is 6.61 Å². The lowest BCUT2D eigenvalue weighted by atomic mass is 10.2. The summed E-state index contributed by atoms with van der Waals surface area (Å²) >= 11 is 0. The summed E-state index contributed by atoms with van der Waals surface area (Å²) in [6, 6.07) is 9.29. The molecular formula is C9H9NO3. The molecule has 4 nitrogen and oxygen atoms in total. The van der Waals surface area contributed by atoms with Crippen LogP contribution in [0.15, 0.2) is 35.5 Å². The Morgan fingerprint density at radius 3 is 2.77 bits per heavy atom. The number of hydrogen-bond acceptors (Lipinski definition) is 3. The van der Waals surface area contributed by atoms with Gasteiger partial charge in [0, 0.05) is 0 Å². The Morgan fingerprint density at radius 1 is 1.46 bits per heavy atom. The number of benzene rings is 1. The topological polar surface area (TPSA) is 58.9 Å². The molecule has 0 radical (unpaired) electrons. The minimum Gasteiger partial charge on any atom is -0.479 e. The lowest BCUT2D eigenvalue weighted by molar-refractivity contribution is -0.142. The number of rotatable bonds is 4. The summed E-state index contributed by atoms with van der Waals surface area (Å²) < 4.78 is 0. The molecule has 0 spiro atoms. The largest absolute Gasteiger partial charge is 0.479 e. The van der Waals surface area contributed by atoms with Crippen LogP contribution in [0.5, 0.6) is 0 Å². The Kier molecular flexibility index (Phi) is 3.50. The molecule has 1 N–H and O–H groups in total. The minimum absolute atomic E-state index is 0.413. The van der Waals surface area contributed by atoms with Crippen molar-refractivity contribution in [1.29, 1.82) is 0 Å². The molecule has 0 saturated heterocycles. The van der Waals surface area contributed by atoms with E-state index in [-0.39, 0.29) is 0 Å². The second-order valence-electron chi connectivity index (χ2n) is 2.31. The fourth-order valence-corrected chi connectivity index (χ4v) is 0.730. The molecule has 0 amide bonds. The zero-order valence-electron chi connectivity index (χ0n) is 6.88. The Labute approximate surface area is 75.4 Å². The van der Waals surface area contributed by atoms with Crippen LogP contribution in [0, 0.1) is 0 Å². The van der Waals surface area contributed by atoms with Crippen LogP contribution in [0.3, 0.4) is 0 Å². The Morgan fingerprint density at radius 2 is 2.15 bits per heavy atom. The molecule has 0 fully saturated rings. The average molecular weight is 179 g/mol. The Balaban J connectivity index is 2.37. The molecule has 1 rings (SSSR count). The molecule has 13 heavy (non-hydrogen) atoms. The van der Waals surface area contributed by atoms with Gasteiger partial charge in [0.25, 0.3) is 0 Å². The van der Waals surface area contributed by atoms with Gasteiger partial charge in [-0.05, 0) is 5.56 Å². The van der Waals surface area contributed by atoms with Crippen molar-refractivity contribution in [2.45, 2.75) is 0 Å². The molecule has 0 bridgehead atoms. The van der Waals surface area contributed by atoms with E-state index in [0.717, 1.165) is 5.56 Å². The highest BCUT2D eigenvalue weighted by Gasteiger charge is 1.92. The van der Waals surface area contributed by atoms with Crippen molar-refractivity contribution in [1.82, 2.24) is 0 Å².